The normalized spacial score (nSPS) is 20.7. The minimum absolute atomic E-state index is 0.00332. The second-order valence-corrected chi connectivity index (χ2v) is 5.37. The fourth-order valence-corrected chi connectivity index (χ4v) is 2.39. The highest BCUT2D eigenvalue weighted by Gasteiger charge is 2.46. The molecule has 6 nitrogen and oxygen atoms in total. The van der Waals surface area contributed by atoms with Gasteiger partial charge in [0, 0.05) is 22.5 Å². The summed E-state index contributed by atoms with van der Waals surface area (Å²) in [6.07, 6.45) is -4.00. The summed E-state index contributed by atoms with van der Waals surface area (Å²) in [7, 11) is 0. The number of anilines is 1. The first kappa shape index (κ1) is 14.8. The number of hydrogen-bond acceptors (Lipinski definition) is 4. The number of halogens is 4. The first-order valence-electron chi connectivity index (χ1n) is 6.26. The Morgan fingerprint density at radius 3 is 2.77 bits per heavy atom. The lowest BCUT2D eigenvalue weighted by Gasteiger charge is -2.11. The smallest absolute Gasteiger partial charge is 0.326 e. The van der Waals surface area contributed by atoms with Gasteiger partial charge in [0.05, 0.1) is 5.56 Å². The van der Waals surface area contributed by atoms with Gasteiger partial charge in [0.15, 0.2) is 5.82 Å². The van der Waals surface area contributed by atoms with Gasteiger partial charge in [-0.25, -0.2) is 0 Å². The number of H-pyrrole nitrogens is 1. The van der Waals surface area contributed by atoms with E-state index in [1.54, 1.807) is 0 Å². The molecular weight excluding hydrogens is 323 g/mol. The second-order valence-electron chi connectivity index (χ2n) is 4.93. The number of carbonyl (C=O) groups is 1. The number of tetrazole rings is 1. The van der Waals surface area contributed by atoms with Crippen LogP contribution in [0.2, 0.25) is 5.02 Å². The zero-order valence-corrected chi connectivity index (χ0v) is 11.6. The molecule has 2 atom stereocenters. The zero-order valence-electron chi connectivity index (χ0n) is 10.9. The molecule has 2 N–H and O–H groups in total. The standard InChI is InChI=1S/C12H9ClF3N5O/c13-6-1-5(12(14,15)16)2-7(3-6)17-11(22)9-4-8(9)10-18-20-21-19-10/h1-3,8-9H,4H2,(H,17,22)(H,18,19,20,21)/t8-,9-/m1/s1. The predicted octanol–water partition coefficient (Wildman–Crippen LogP) is 2.61. The van der Waals surface area contributed by atoms with Crippen molar-refractivity contribution in [1.82, 2.24) is 20.6 Å². The summed E-state index contributed by atoms with van der Waals surface area (Å²) in [5, 5.41) is 15.6. The van der Waals surface area contributed by atoms with Crippen LogP contribution < -0.4 is 5.32 Å². The van der Waals surface area contributed by atoms with Crippen molar-refractivity contribution in [2.24, 2.45) is 5.92 Å². The maximum Gasteiger partial charge on any atom is 0.416 e. The van der Waals surface area contributed by atoms with Crippen LogP contribution in [-0.4, -0.2) is 26.5 Å². The SMILES string of the molecule is O=C(Nc1cc(Cl)cc(C(F)(F)F)c1)[C@@H]1C[C@H]1c1nn[nH]n1. The topological polar surface area (TPSA) is 83.6 Å². The Bertz CT molecular complexity index is 703. The molecule has 1 amide bonds. The fourth-order valence-electron chi connectivity index (χ4n) is 2.16. The summed E-state index contributed by atoms with van der Waals surface area (Å²) >= 11 is 5.66. The quantitative estimate of drug-likeness (QED) is 0.905. The predicted molar refractivity (Wildman–Crippen MR) is 70.1 cm³/mol. The van der Waals surface area contributed by atoms with Gasteiger partial charge in [-0.2, -0.15) is 18.4 Å². The number of amides is 1. The Labute approximate surface area is 127 Å². The van der Waals surface area contributed by atoms with Gasteiger partial charge in [0.25, 0.3) is 0 Å². The lowest BCUT2D eigenvalue weighted by Crippen LogP contribution is -2.15. The second kappa shape index (κ2) is 5.24. The zero-order chi connectivity index (χ0) is 15.9. The molecule has 1 aliphatic carbocycles. The Morgan fingerprint density at radius 1 is 1.36 bits per heavy atom. The van der Waals surface area contributed by atoms with E-state index in [0.29, 0.717) is 12.2 Å². The third kappa shape index (κ3) is 3.03. The molecule has 116 valence electrons. The summed E-state index contributed by atoms with van der Waals surface area (Å²) in [4.78, 5) is 12.0. The first-order chi connectivity index (χ1) is 10.3. The van der Waals surface area contributed by atoms with Crippen LogP contribution in [0.15, 0.2) is 18.2 Å². The molecule has 0 unspecified atom stereocenters. The van der Waals surface area contributed by atoms with Gasteiger partial charge in [-0.15, -0.1) is 10.2 Å². The molecule has 10 heteroatoms. The van der Waals surface area contributed by atoms with E-state index in [0.717, 1.165) is 12.1 Å². The van der Waals surface area contributed by atoms with Crippen LogP contribution in [-0.2, 0) is 11.0 Å². The van der Waals surface area contributed by atoms with Crippen molar-refractivity contribution in [3.8, 4) is 0 Å². The van der Waals surface area contributed by atoms with Crippen LogP contribution in [0.3, 0.4) is 0 Å². The number of alkyl halides is 3. The number of benzene rings is 1. The van der Waals surface area contributed by atoms with Gasteiger partial charge in [-0.3, -0.25) is 4.79 Å². The van der Waals surface area contributed by atoms with Crippen LogP contribution in [0.4, 0.5) is 18.9 Å². The monoisotopic (exact) mass is 331 g/mol. The van der Waals surface area contributed by atoms with Crippen molar-refractivity contribution >= 4 is 23.2 Å². The molecule has 0 radical (unpaired) electrons. The van der Waals surface area contributed by atoms with Crippen molar-refractivity contribution < 1.29 is 18.0 Å². The van der Waals surface area contributed by atoms with Crippen molar-refractivity contribution in [2.75, 3.05) is 5.32 Å². The average Bonchev–Trinajstić information content (AvgIpc) is 3.04. The van der Waals surface area contributed by atoms with Crippen molar-refractivity contribution in [2.45, 2.75) is 18.5 Å². The number of aromatic nitrogens is 4. The maximum absolute atomic E-state index is 12.7. The van der Waals surface area contributed by atoms with Crippen LogP contribution in [0.25, 0.3) is 0 Å². The Balaban J connectivity index is 1.71. The van der Waals surface area contributed by atoms with Gasteiger partial charge in [0.2, 0.25) is 5.91 Å². The molecule has 1 fully saturated rings. The Hall–Kier alpha value is -2.16. The van der Waals surface area contributed by atoms with E-state index < -0.39 is 17.6 Å². The minimum Gasteiger partial charge on any atom is -0.326 e. The fraction of sp³-hybridized carbons (Fsp3) is 0.333. The van der Waals surface area contributed by atoms with Crippen LogP contribution in [0, 0.1) is 5.92 Å². The Kier molecular flexibility index (Phi) is 3.51. The van der Waals surface area contributed by atoms with E-state index in [1.165, 1.54) is 6.07 Å². The number of aromatic amines is 1. The molecule has 1 saturated carbocycles. The number of nitrogens with zero attached hydrogens (tertiary/aromatic N) is 3. The molecule has 1 aromatic carbocycles. The van der Waals surface area contributed by atoms with E-state index in [4.69, 9.17) is 11.6 Å². The molecular formula is C12H9ClF3N5O. The van der Waals surface area contributed by atoms with Gasteiger partial charge >= 0.3 is 6.18 Å². The van der Waals surface area contributed by atoms with Gasteiger partial charge in [-0.1, -0.05) is 16.8 Å². The van der Waals surface area contributed by atoms with Crippen molar-refractivity contribution in [3.05, 3.63) is 34.6 Å². The van der Waals surface area contributed by atoms with Crippen molar-refractivity contribution in [1.29, 1.82) is 0 Å². The third-order valence-electron chi connectivity index (χ3n) is 3.31. The lowest BCUT2D eigenvalue weighted by molar-refractivity contribution is -0.137. The van der Waals surface area contributed by atoms with E-state index in [2.05, 4.69) is 25.9 Å². The number of carbonyl (C=O) groups excluding carboxylic acids is 1. The first-order valence-corrected chi connectivity index (χ1v) is 6.64. The largest absolute Gasteiger partial charge is 0.416 e. The molecule has 0 bridgehead atoms. The minimum atomic E-state index is -4.53. The van der Waals surface area contributed by atoms with Crippen LogP contribution in [0.1, 0.15) is 23.7 Å². The van der Waals surface area contributed by atoms with Gasteiger partial charge in [-0.05, 0) is 24.6 Å². The molecule has 1 aliphatic rings. The third-order valence-corrected chi connectivity index (χ3v) is 3.53. The van der Waals surface area contributed by atoms with Gasteiger partial charge in [0.1, 0.15) is 0 Å². The summed E-state index contributed by atoms with van der Waals surface area (Å²) in [5.74, 6) is -0.529. The Morgan fingerprint density at radius 2 is 2.14 bits per heavy atom. The number of rotatable bonds is 3. The molecule has 1 heterocycles. The molecule has 2 aromatic rings. The van der Waals surface area contributed by atoms with E-state index in [1.807, 2.05) is 0 Å². The summed E-state index contributed by atoms with van der Waals surface area (Å²) in [6, 6.07) is 2.91. The van der Waals surface area contributed by atoms with Crippen LogP contribution in [0.5, 0.6) is 0 Å². The van der Waals surface area contributed by atoms with E-state index in [9.17, 15) is 18.0 Å². The molecule has 3 rings (SSSR count). The van der Waals surface area contributed by atoms with Gasteiger partial charge < -0.3 is 5.32 Å². The highest BCUT2D eigenvalue weighted by Crippen LogP contribution is 2.46. The highest BCUT2D eigenvalue weighted by atomic mass is 35.5. The molecule has 0 aliphatic heterocycles. The average molecular weight is 332 g/mol. The van der Waals surface area contributed by atoms with E-state index in [-0.39, 0.29) is 22.5 Å². The maximum atomic E-state index is 12.7. The summed E-state index contributed by atoms with van der Waals surface area (Å²) in [5.41, 5.74) is -0.913. The van der Waals surface area contributed by atoms with E-state index >= 15 is 0 Å². The molecule has 0 spiro atoms. The molecule has 0 saturated heterocycles. The summed E-state index contributed by atoms with van der Waals surface area (Å²) in [6.45, 7) is 0. The summed E-state index contributed by atoms with van der Waals surface area (Å²) < 4.78 is 38.1. The van der Waals surface area contributed by atoms with Crippen molar-refractivity contribution in [3.63, 3.8) is 0 Å². The molecule has 22 heavy (non-hydrogen) atoms. The lowest BCUT2D eigenvalue weighted by atomic mass is 10.2. The van der Waals surface area contributed by atoms with Crippen LogP contribution >= 0.6 is 11.6 Å². The molecule has 1 aromatic heterocycles. The number of hydrogen-bond donors (Lipinski definition) is 2. The highest BCUT2D eigenvalue weighted by molar-refractivity contribution is 6.31. The number of nitrogens with one attached hydrogen (secondary N) is 2.